The lowest BCUT2D eigenvalue weighted by Crippen LogP contribution is -2.46. The predicted octanol–water partition coefficient (Wildman–Crippen LogP) is 4.09. The summed E-state index contributed by atoms with van der Waals surface area (Å²) in [5.74, 6) is 1.25. The van der Waals surface area contributed by atoms with Crippen molar-refractivity contribution in [2.24, 2.45) is 4.99 Å². The first-order valence-corrected chi connectivity index (χ1v) is 8.46. The van der Waals surface area contributed by atoms with Gasteiger partial charge in [-0.25, -0.2) is 5.43 Å². The van der Waals surface area contributed by atoms with E-state index in [1.807, 2.05) is 0 Å². The van der Waals surface area contributed by atoms with Gasteiger partial charge in [-0.15, -0.1) is 12.4 Å². The molecule has 1 unspecified atom stereocenters. The highest BCUT2D eigenvalue weighted by Gasteiger charge is 2.20. The number of nitrogens with one attached hydrogen (secondary N) is 2. The van der Waals surface area contributed by atoms with Crippen LogP contribution in [0, 0.1) is 0 Å². The summed E-state index contributed by atoms with van der Waals surface area (Å²) in [4.78, 5) is 4.73. The average molecular weight is 352 g/mol. The molecule has 4 heteroatoms. The number of amidine groups is 1. The Hall–Kier alpha value is -2.36. The summed E-state index contributed by atoms with van der Waals surface area (Å²) in [5, 5.41) is 2.55. The van der Waals surface area contributed by atoms with Crippen LogP contribution in [0.3, 0.4) is 0 Å². The maximum atomic E-state index is 4.73. The van der Waals surface area contributed by atoms with Gasteiger partial charge in [-0.3, -0.25) is 4.99 Å². The molecule has 3 nitrogen and oxygen atoms in total. The lowest BCUT2D eigenvalue weighted by molar-refractivity contribution is 0.601. The average Bonchev–Trinajstić information content (AvgIpc) is 2.67. The standard InChI is InChI=1S/C21H21N3.ClH/c1-2-6-16(7-3-1)14-20(21-22-12-13-23-24-21)19-11-10-17-8-4-5-9-18(17)15-19;/h1-11,15,20,23H,12-14H2,(H,22,24);1H. The van der Waals surface area contributed by atoms with Crippen molar-refractivity contribution in [3.8, 4) is 0 Å². The topological polar surface area (TPSA) is 36.4 Å². The molecule has 2 N–H and O–H groups in total. The molecular weight excluding hydrogens is 330 g/mol. The zero-order valence-electron chi connectivity index (χ0n) is 14.0. The first-order chi connectivity index (χ1) is 11.9. The molecule has 25 heavy (non-hydrogen) atoms. The van der Waals surface area contributed by atoms with Crippen LogP contribution >= 0.6 is 12.4 Å². The lowest BCUT2D eigenvalue weighted by atomic mass is 9.89. The number of fused-ring (bicyclic) bond motifs is 1. The van der Waals surface area contributed by atoms with Gasteiger partial charge >= 0.3 is 0 Å². The summed E-state index contributed by atoms with van der Waals surface area (Å²) >= 11 is 0. The van der Waals surface area contributed by atoms with Crippen LogP contribution in [0.25, 0.3) is 10.8 Å². The Bertz CT molecular complexity index is 861. The van der Waals surface area contributed by atoms with Gasteiger partial charge in [0.2, 0.25) is 0 Å². The van der Waals surface area contributed by atoms with Crippen LogP contribution in [0.15, 0.2) is 77.8 Å². The van der Waals surface area contributed by atoms with Crippen LogP contribution in [0.2, 0.25) is 0 Å². The number of rotatable bonds is 4. The van der Waals surface area contributed by atoms with Gasteiger partial charge in [0.1, 0.15) is 5.84 Å². The Balaban J connectivity index is 0.00000182. The van der Waals surface area contributed by atoms with Gasteiger partial charge in [-0.05, 0) is 28.3 Å². The molecule has 3 aromatic carbocycles. The van der Waals surface area contributed by atoms with E-state index in [1.165, 1.54) is 21.9 Å². The summed E-state index contributed by atoms with van der Waals surface area (Å²) in [7, 11) is 0. The van der Waals surface area contributed by atoms with Crippen LogP contribution in [-0.2, 0) is 6.42 Å². The molecule has 0 fully saturated rings. The van der Waals surface area contributed by atoms with E-state index in [1.54, 1.807) is 0 Å². The van der Waals surface area contributed by atoms with Crippen molar-refractivity contribution in [3.63, 3.8) is 0 Å². The molecule has 1 aliphatic rings. The Labute approximate surface area is 154 Å². The van der Waals surface area contributed by atoms with Gasteiger partial charge in [-0.2, -0.15) is 0 Å². The van der Waals surface area contributed by atoms with Crippen molar-refractivity contribution in [3.05, 3.63) is 83.9 Å². The molecule has 1 aliphatic heterocycles. The number of halogens is 1. The molecule has 0 spiro atoms. The van der Waals surface area contributed by atoms with Crippen molar-refractivity contribution in [1.29, 1.82) is 0 Å². The van der Waals surface area contributed by atoms with Gasteiger partial charge in [0.15, 0.2) is 0 Å². The zero-order chi connectivity index (χ0) is 16.2. The van der Waals surface area contributed by atoms with E-state index in [0.29, 0.717) is 0 Å². The van der Waals surface area contributed by atoms with Gasteiger partial charge < -0.3 is 5.43 Å². The third-order valence-electron chi connectivity index (χ3n) is 4.52. The van der Waals surface area contributed by atoms with E-state index in [-0.39, 0.29) is 18.3 Å². The number of hydrogen-bond donors (Lipinski definition) is 2. The van der Waals surface area contributed by atoms with Crippen LogP contribution in [-0.4, -0.2) is 18.9 Å². The molecule has 3 aromatic rings. The van der Waals surface area contributed by atoms with Crippen molar-refractivity contribution < 1.29 is 0 Å². The van der Waals surface area contributed by atoms with Gasteiger partial charge in [0.25, 0.3) is 0 Å². The minimum absolute atomic E-state index is 0. The fraction of sp³-hybridized carbons (Fsp3) is 0.190. The third kappa shape index (κ3) is 4.01. The maximum Gasteiger partial charge on any atom is 0.118 e. The molecule has 1 atom stereocenters. The molecule has 0 saturated heterocycles. The summed E-state index contributed by atoms with van der Waals surface area (Å²) in [6, 6.07) is 25.9. The molecule has 1 heterocycles. The van der Waals surface area contributed by atoms with Crippen LogP contribution in [0.5, 0.6) is 0 Å². The lowest BCUT2D eigenvalue weighted by Gasteiger charge is -2.25. The van der Waals surface area contributed by atoms with E-state index >= 15 is 0 Å². The number of hydrazine groups is 1. The van der Waals surface area contributed by atoms with E-state index < -0.39 is 0 Å². The van der Waals surface area contributed by atoms with Crippen molar-refractivity contribution >= 4 is 29.0 Å². The smallest absolute Gasteiger partial charge is 0.118 e. The zero-order valence-corrected chi connectivity index (χ0v) is 14.8. The predicted molar refractivity (Wildman–Crippen MR) is 108 cm³/mol. The van der Waals surface area contributed by atoms with E-state index in [2.05, 4.69) is 83.6 Å². The van der Waals surface area contributed by atoms with Crippen molar-refractivity contribution in [2.45, 2.75) is 12.3 Å². The fourth-order valence-corrected chi connectivity index (χ4v) is 3.27. The quantitative estimate of drug-likeness (QED) is 0.742. The molecule has 0 bridgehead atoms. The van der Waals surface area contributed by atoms with Crippen LogP contribution < -0.4 is 10.9 Å². The Morgan fingerprint density at radius 1 is 0.880 bits per heavy atom. The van der Waals surface area contributed by atoms with Gasteiger partial charge in [0, 0.05) is 12.5 Å². The normalized spacial score (nSPS) is 15.0. The minimum Gasteiger partial charge on any atom is -0.309 e. The van der Waals surface area contributed by atoms with Gasteiger partial charge in [-0.1, -0.05) is 72.8 Å². The highest BCUT2D eigenvalue weighted by Crippen LogP contribution is 2.26. The maximum absolute atomic E-state index is 4.73. The third-order valence-corrected chi connectivity index (χ3v) is 4.52. The Morgan fingerprint density at radius 3 is 2.40 bits per heavy atom. The molecular formula is C21H22ClN3. The largest absolute Gasteiger partial charge is 0.309 e. The first kappa shape index (κ1) is 17.5. The summed E-state index contributed by atoms with van der Waals surface area (Å²) in [6.45, 7) is 1.69. The van der Waals surface area contributed by atoms with E-state index in [9.17, 15) is 0 Å². The summed E-state index contributed by atoms with van der Waals surface area (Å²) in [5.41, 5.74) is 9.14. The van der Waals surface area contributed by atoms with Crippen molar-refractivity contribution in [2.75, 3.05) is 13.1 Å². The Morgan fingerprint density at radius 2 is 1.64 bits per heavy atom. The highest BCUT2D eigenvalue weighted by molar-refractivity contribution is 5.91. The second kappa shape index (κ2) is 8.15. The molecule has 0 amide bonds. The number of nitrogens with zero attached hydrogens (tertiary/aromatic N) is 1. The number of benzene rings is 3. The minimum atomic E-state index is 0. The van der Waals surface area contributed by atoms with Crippen molar-refractivity contribution in [1.82, 2.24) is 10.9 Å². The van der Waals surface area contributed by atoms with E-state index in [4.69, 9.17) is 4.99 Å². The Kier molecular flexibility index (Phi) is 5.69. The van der Waals surface area contributed by atoms with E-state index in [0.717, 1.165) is 25.3 Å². The molecule has 0 saturated carbocycles. The number of hydrogen-bond acceptors (Lipinski definition) is 3. The van der Waals surface area contributed by atoms with Gasteiger partial charge in [0.05, 0.1) is 6.54 Å². The number of aliphatic imine (C=N–C) groups is 1. The van der Waals surface area contributed by atoms with Crippen LogP contribution in [0.4, 0.5) is 0 Å². The SMILES string of the molecule is Cl.c1ccc(CC(C2=NCCNN2)c2ccc3ccccc3c2)cc1. The first-order valence-electron chi connectivity index (χ1n) is 8.46. The summed E-state index contributed by atoms with van der Waals surface area (Å²) < 4.78 is 0. The molecule has 0 aromatic heterocycles. The highest BCUT2D eigenvalue weighted by atomic mass is 35.5. The molecule has 0 radical (unpaired) electrons. The molecule has 0 aliphatic carbocycles. The summed E-state index contributed by atoms with van der Waals surface area (Å²) in [6.07, 6.45) is 0.937. The molecule has 128 valence electrons. The monoisotopic (exact) mass is 351 g/mol. The fourth-order valence-electron chi connectivity index (χ4n) is 3.27. The second-order valence-electron chi connectivity index (χ2n) is 6.17. The van der Waals surface area contributed by atoms with Crippen LogP contribution in [0.1, 0.15) is 17.0 Å². The molecule has 4 rings (SSSR count). The second-order valence-corrected chi connectivity index (χ2v) is 6.17.